The third-order valence-corrected chi connectivity index (χ3v) is 6.75. The fourth-order valence-electron chi connectivity index (χ4n) is 5.37. The number of benzene rings is 1. The smallest absolute Gasteiger partial charge is 0.308 e. The van der Waals surface area contributed by atoms with Crippen LogP contribution >= 0.6 is 0 Å². The first-order valence-corrected chi connectivity index (χ1v) is 9.83. The van der Waals surface area contributed by atoms with Gasteiger partial charge in [-0.25, -0.2) is 0 Å². The van der Waals surface area contributed by atoms with E-state index in [-0.39, 0.29) is 60.8 Å². The molecule has 4 aliphatic carbocycles. The van der Waals surface area contributed by atoms with Crippen LogP contribution in [0.15, 0.2) is 42.5 Å². The number of esters is 1. The molecule has 6 rings (SSSR count). The second kappa shape index (κ2) is 6.40. The average molecular weight is 379 g/mol. The van der Waals surface area contributed by atoms with E-state index in [1.807, 2.05) is 0 Å². The number of allylic oxidation sites excluding steroid dienone is 2. The van der Waals surface area contributed by atoms with Crippen molar-refractivity contribution < 1.29 is 23.9 Å². The molecule has 144 valence electrons. The van der Waals surface area contributed by atoms with Crippen LogP contribution in [0.2, 0.25) is 0 Å². The second-order valence-corrected chi connectivity index (χ2v) is 8.18. The van der Waals surface area contributed by atoms with Gasteiger partial charge in [0.05, 0.1) is 18.3 Å². The molecule has 1 aromatic rings. The van der Waals surface area contributed by atoms with E-state index in [1.165, 1.54) is 4.90 Å². The number of ether oxygens (including phenoxy) is 1. The first-order chi connectivity index (χ1) is 13.6. The lowest BCUT2D eigenvalue weighted by Crippen LogP contribution is -2.40. The SMILES string of the molecule is O=C(CCN1C(=O)[C@H]2[C@@H]3C=C[C@H]([C@H]4C[C@H]34)[C@@H]2C1=O)OCC(=O)c1ccccc1. The molecule has 2 bridgehead atoms. The first kappa shape index (κ1) is 17.3. The van der Waals surface area contributed by atoms with E-state index in [9.17, 15) is 19.2 Å². The highest BCUT2D eigenvalue weighted by Crippen LogP contribution is 2.65. The van der Waals surface area contributed by atoms with Crippen molar-refractivity contribution in [1.29, 1.82) is 0 Å². The zero-order chi connectivity index (χ0) is 19.4. The van der Waals surface area contributed by atoms with E-state index in [0.717, 1.165) is 6.42 Å². The minimum Gasteiger partial charge on any atom is -0.457 e. The van der Waals surface area contributed by atoms with Gasteiger partial charge in [0.2, 0.25) is 11.8 Å². The number of rotatable bonds is 6. The van der Waals surface area contributed by atoms with Crippen LogP contribution in [0, 0.1) is 35.5 Å². The minimum atomic E-state index is -0.580. The Morgan fingerprint density at radius 1 is 0.964 bits per heavy atom. The van der Waals surface area contributed by atoms with E-state index in [4.69, 9.17) is 4.74 Å². The van der Waals surface area contributed by atoms with Crippen molar-refractivity contribution in [1.82, 2.24) is 4.90 Å². The first-order valence-electron chi connectivity index (χ1n) is 9.83. The average Bonchev–Trinajstić information content (AvgIpc) is 3.50. The van der Waals surface area contributed by atoms with Crippen LogP contribution in [0.25, 0.3) is 0 Å². The number of carbonyl (C=O) groups is 4. The standard InChI is InChI=1S/C22H21NO5/c24-17(12-4-2-1-3-5-12)11-28-18(25)8-9-23-21(26)19-13-6-7-14(16-10-15(13)16)20(19)22(23)27/h1-7,13-16,19-20H,8-11H2/t13-,14-,15-,16-,19+,20+/m1/s1. The van der Waals surface area contributed by atoms with Gasteiger partial charge in [-0.3, -0.25) is 24.1 Å². The summed E-state index contributed by atoms with van der Waals surface area (Å²) in [7, 11) is 0. The number of hydrogen-bond donors (Lipinski definition) is 0. The van der Waals surface area contributed by atoms with Gasteiger partial charge < -0.3 is 4.74 Å². The summed E-state index contributed by atoms with van der Waals surface area (Å²) in [5.41, 5.74) is 0.478. The lowest BCUT2D eigenvalue weighted by molar-refractivity contribution is -0.145. The van der Waals surface area contributed by atoms with Gasteiger partial charge in [0, 0.05) is 12.1 Å². The Morgan fingerprint density at radius 3 is 2.18 bits per heavy atom. The summed E-state index contributed by atoms with van der Waals surface area (Å²) < 4.78 is 5.04. The van der Waals surface area contributed by atoms with E-state index < -0.39 is 5.97 Å². The molecule has 0 aromatic heterocycles. The molecule has 0 N–H and O–H groups in total. The van der Waals surface area contributed by atoms with E-state index in [1.54, 1.807) is 30.3 Å². The maximum absolute atomic E-state index is 12.8. The minimum absolute atomic E-state index is 0.0256. The molecule has 6 heteroatoms. The highest BCUT2D eigenvalue weighted by atomic mass is 16.5. The lowest BCUT2D eigenvalue weighted by Gasteiger charge is -2.37. The Balaban J connectivity index is 1.16. The van der Waals surface area contributed by atoms with E-state index in [2.05, 4.69) is 12.2 Å². The number of carbonyl (C=O) groups excluding carboxylic acids is 4. The van der Waals surface area contributed by atoms with Crippen molar-refractivity contribution in [3.8, 4) is 0 Å². The molecule has 2 amide bonds. The quantitative estimate of drug-likeness (QED) is 0.326. The monoisotopic (exact) mass is 379 g/mol. The Morgan fingerprint density at radius 2 is 1.57 bits per heavy atom. The Labute approximate surface area is 162 Å². The summed E-state index contributed by atoms with van der Waals surface area (Å²) in [5.74, 6) is -0.180. The van der Waals surface area contributed by atoms with Crippen molar-refractivity contribution >= 4 is 23.6 Å². The highest BCUT2D eigenvalue weighted by molar-refractivity contribution is 6.06. The molecule has 0 spiro atoms. The van der Waals surface area contributed by atoms with Crippen LogP contribution < -0.4 is 0 Å². The van der Waals surface area contributed by atoms with Gasteiger partial charge in [-0.2, -0.15) is 0 Å². The molecule has 6 nitrogen and oxygen atoms in total. The van der Waals surface area contributed by atoms with Crippen molar-refractivity contribution in [2.75, 3.05) is 13.2 Å². The van der Waals surface area contributed by atoms with E-state index >= 15 is 0 Å². The summed E-state index contributed by atoms with van der Waals surface area (Å²) in [4.78, 5) is 50.9. The molecule has 3 fully saturated rings. The number of hydrogen-bond acceptors (Lipinski definition) is 5. The van der Waals surface area contributed by atoms with Crippen LogP contribution in [0.3, 0.4) is 0 Å². The third-order valence-electron chi connectivity index (χ3n) is 6.75. The van der Waals surface area contributed by atoms with Crippen molar-refractivity contribution in [3.05, 3.63) is 48.0 Å². The van der Waals surface area contributed by atoms with Crippen LogP contribution in [-0.2, 0) is 19.1 Å². The third kappa shape index (κ3) is 2.62. The van der Waals surface area contributed by atoms with Crippen molar-refractivity contribution in [2.45, 2.75) is 12.8 Å². The fourth-order valence-corrected chi connectivity index (χ4v) is 5.37. The number of ketones is 1. The van der Waals surface area contributed by atoms with Crippen LogP contribution in [0.1, 0.15) is 23.2 Å². The molecule has 0 unspecified atom stereocenters. The molecule has 1 heterocycles. The molecular formula is C22H21NO5. The molecule has 1 saturated heterocycles. The summed E-state index contributed by atoms with van der Waals surface area (Å²) in [5, 5.41) is 0. The summed E-state index contributed by atoms with van der Waals surface area (Å²) in [6.45, 7) is -0.314. The maximum atomic E-state index is 12.8. The van der Waals surface area contributed by atoms with Crippen LogP contribution in [0.5, 0.6) is 0 Å². The molecule has 5 aliphatic rings. The van der Waals surface area contributed by atoms with Crippen LogP contribution in [-0.4, -0.2) is 41.6 Å². The molecule has 28 heavy (non-hydrogen) atoms. The van der Waals surface area contributed by atoms with Gasteiger partial charge in [0.1, 0.15) is 0 Å². The Kier molecular flexibility index (Phi) is 3.96. The second-order valence-electron chi connectivity index (χ2n) is 8.18. The van der Waals surface area contributed by atoms with Crippen LogP contribution in [0.4, 0.5) is 0 Å². The molecular weight excluding hydrogens is 358 g/mol. The molecule has 6 atom stereocenters. The lowest BCUT2D eigenvalue weighted by atomic mass is 9.63. The van der Waals surface area contributed by atoms with Gasteiger partial charge in [-0.1, -0.05) is 42.5 Å². The number of nitrogens with zero attached hydrogens (tertiary/aromatic N) is 1. The van der Waals surface area contributed by atoms with Gasteiger partial charge in [0.15, 0.2) is 12.4 Å². The largest absolute Gasteiger partial charge is 0.457 e. The molecule has 1 aromatic carbocycles. The topological polar surface area (TPSA) is 80.8 Å². The maximum Gasteiger partial charge on any atom is 0.308 e. The summed E-state index contributed by atoms with van der Waals surface area (Å²) in [6, 6.07) is 8.60. The highest BCUT2D eigenvalue weighted by Gasteiger charge is 2.66. The van der Waals surface area contributed by atoms with Gasteiger partial charge in [-0.15, -0.1) is 0 Å². The van der Waals surface area contributed by atoms with Gasteiger partial charge in [0.25, 0.3) is 0 Å². The number of amides is 2. The predicted molar refractivity (Wildman–Crippen MR) is 97.8 cm³/mol. The molecule has 2 saturated carbocycles. The predicted octanol–water partition coefficient (Wildman–Crippen LogP) is 1.86. The van der Waals surface area contributed by atoms with E-state index in [0.29, 0.717) is 17.4 Å². The molecule has 0 radical (unpaired) electrons. The van der Waals surface area contributed by atoms with Gasteiger partial charge in [-0.05, 0) is 30.1 Å². The van der Waals surface area contributed by atoms with Crippen molar-refractivity contribution in [3.63, 3.8) is 0 Å². The summed E-state index contributed by atoms with van der Waals surface area (Å²) in [6.07, 6.45) is 5.28. The number of Topliss-reactive ketones (excluding diaryl/α,β-unsaturated/α-hetero) is 1. The normalized spacial score (nSPS) is 34.2. The molecule has 1 aliphatic heterocycles. The Hall–Kier alpha value is -2.76. The summed E-state index contributed by atoms with van der Waals surface area (Å²) >= 11 is 0. The van der Waals surface area contributed by atoms with Gasteiger partial charge >= 0.3 is 5.97 Å². The Bertz CT molecular complexity index is 855. The zero-order valence-electron chi connectivity index (χ0n) is 15.3. The fraction of sp³-hybridized carbons (Fsp3) is 0.455. The number of likely N-dealkylation sites (tertiary alicyclic amines) is 1. The zero-order valence-corrected chi connectivity index (χ0v) is 15.3. The van der Waals surface area contributed by atoms with Crippen molar-refractivity contribution in [2.24, 2.45) is 35.5 Å². The number of imide groups is 1.